The molecule has 5 heteroatoms. The van der Waals surface area contributed by atoms with Gasteiger partial charge in [0.05, 0.1) is 18.4 Å². The molecule has 0 radical (unpaired) electrons. The Balaban J connectivity index is 2.44. The first kappa shape index (κ1) is 15.6. The SMILES string of the molecule is C=COCCCNC(C)c1ccc(C(F)(F)F)cc1. The molecule has 0 amide bonds. The molecule has 0 heterocycles. The van der Waals surface area contributed by atoms with Crippen LogP contribution in [0.15, 0.2) is 37.1 Å². The molecule has 0 fully saturated rings. The number of hydrogen-bond acceptors (Lipinski definition) is 2. The highest BCUT2D eigenvalue weighted by Crippen LogP contribution is 2.29. The largest absolute Gasteiger partial charge is 0.502 e. The van der Waals surface area contributed by atoms with E-state index in [1.165, 1.54) is 18.4 Å². The number of benzene rings is 1. The van der Waals surface area contributed by atoms with Crippen LogP contribution in [-0.2, 0) is 10.9 Å². The van der Waals surface area contributed by atoms with Crippen LogP contribution in [0.2, 0.25) is 0 Å². The van der Waals surface area contributed by atoms with Gasteiger partial charge in [0.25, 0.3) is 0 Å². The van der Waals surface area contributed by atoms with E-state index in [9.17, 15) is 13.2 Å². The van der Waals surface area contributed by atoms with Crippen LogP contribution in [0.3, 0.4) is 0 Å². The summed E-state index contributed by atoms with van der Waals surface area (Å²) in [4.78, 5) is 0. The second kappa shape index (κ2) is 7.19. The molecule has 1 N–H and O–H groups in total. The van der Waals surface area contributed by atoms with E-state index in [-0.39, 0.29) is 6.04 Å². The van der Waals surface area contributed by atoms with Crippen molar-refractivity contribution < 1.29 is 17.9 Å². The number of nitrogens with one attached hydrogen (secondary N) is 1. The molecule has 1 aromatic rings. The molecule has 1 atom stereocenters. The van der Waals surface area contributed by atoms with Crippen molar-refractivity contribution in [1.82, 2.24) is 5.32 Å². The van der Waals surface area contributed by atoms with E-state index < -0.39 is 11.7 Å². The lowest BCUT2D eigenvalue weighted by atomic mass is 10.1. The Labute approximate surface area is 111 Å². The third kappa shape index (κ3) is 5.34. The monoisotopic (exact) mass is 273 g/mol. The van der Waals surface area contributed by atoms with Crippen LogP contribution in [0.1, 0.15) is 30.5 Å². The van der Waals surface area contributed by atoms with Gasteiger partial charge in [0, 0.05) is 6.04 Å². The predicted molar refractivity (Wildman–Crippen MR) is 68.6 cm³/mol. The molecule has 0 aromatic heterocycles. The maximum absolute atomic E-state index is 12.4. The average molecular weight is 273 g/mol. The third-order valence-corrected chi connectivity index (χ3v) is 2.75. The lowest BCUT2D eigenvalue weighted by Crippen LogP contribution is -2.20. The van der Waals surface area contributed by atoms with Gasteiger partial charge in [-0.25, -0.2) is 0 Å². The number of ether oxygens (including phenoxy) is 1. The van der Waals surface area contributed by atoms with Gasteiger partial charge in [-0.05, 0) is 37.6 Å². The van der Waals surface area contributed by atoms with Crippen molar-refractivity contribution in [2.24, 2.45) is 0 Å². The van der Waals surface area contributed by atoms with Crippen LogP contribution in [0.5, 0.6) is 0 Å². The van der Waals surface area contributed by atoms with Crippen LogP contribution in [-0.4, -0.2) is 13.2 Å². The molecular weight excluding hydrogens is 255 g/mol. The smallest absolute Gasteiger partial charge is 0.416 e. The molecule has 0 saturated heterocycles. The summed E-state index contributed by atoms with van der Waals surface area (Å²) in [5.41, 5.74) is 0.209. The van der Waals surface area contributed by atoms with Gasteiger partial charge in [0.15, 0.2) is 0 Å². The molecule has 0 aliphatic rings. The standard InChI is InChI=1S/C14H18F3NO/c1-3-19-10-4-9-18-11(2)12-5-7-13(8-6-12)14(15,16)17/h3,5-8,11,18H,1,4,9-10H2,2H3. The van der Waals surface area contributed by atoms with E-state index in [2.05, 4.69) is 11.9 Å². The van der Waals surface area contributed by atoms with Crippen molar-refractivity contribution in [3.8, 4) is 0 Å². The fourth-order valence-corrected chi connectivity index (χ4v) is 1.64. The van der Waals surface area contributed by atoms with Crippen molar-refractivity contribution in [3.63, 3.8) is 0 Å². The summed E-state index contributed by atoms with van der Waals surface area (Å²) in [6, 6.07) is 5.22. The highest BCUT2D eigenvalue weighted by molar-refractivity contribution is 5.26. The lowest BCUT2D eigenvalue weighted by Gasteiger charge is -2.15. The maximum Gasteiger partial charge on any atom is 0.416 e. The fourth-order valence-electron chi connectivity index (χ4n) is 1.64. The molecule has 19 heavy (non-hydrogen) atoms. The number of halogens is 3. The highest BCUT2D eigenvalue weighted by Gasteiger charge is 2.30. The van der Waals surface area contributed by atoms with Gasteiger partial charge >= 0.3 is 6.18 Å². The molecule has 106 valence electrons. The molecule has 0 spiro atoms. The Bertz CT molecular complexity index is 387. The summed E-state index contributed by atoms with van der Waals surface area (Å²) >= 11 is 0. The first-order chi connectivity index (χ1) is 8.95. The molecule has 1 rings (SSSR count). The van der Waals surface area contributed by atoms with Gasteiger partial charge in [0.2, 0.25) is 0 Å². The number of alkyl halides is 3. The Morgan fingerprint density at radius 3 is 2.47 bits per heavy atom. The Morgan fingerprint density at radius 2 is 1.95 bits per heavy atom. The molecule has 0 saturated carbocycles. The zero-order valence-corrected chi connectivity index (χ0v) is 10.8. The first-order valence-corrected chi connectivity index (χ1v) is 6.08. The summed E-state index contributed by atoms with van der Waals surface area (Å²) in [5, 5.41) is 3.22. The summed E-state index contributed by atoms with van der Waals surface area (Å²) in [6.45, 7) is 6.66. The molecule has 1 aromatic carbocycles. The summed E-state index contributed by atoms with van der Waals surface area (Å²) in [7, 11) is 0. The van der Waals surface area contributed by atoms with Crippen molar-refractivity contribution in [1.29, 1.82) is 0 Å². The van der Waals surface area contributed by atoms with Crippen molar-refractivity contribution in [3.05, 3.63) is 48.2 Å². The zero-order valence-electron chi connectivity index (χ0n) is 10.8. The Kier molecular flexibility index (Phi) is 5.89. The van der Waals surface area contributed by atoms with E-state index in [4.69, 9.17) is 4.74 Å². The van der Waals surface area contributed by atoms with E-state index in [1.807, 2.05) is 6.92 Å². The minimum Gasteiger partial charge on any atom is -0.502 e. The van der Waals surface area contributed by atoms with E-state index in [0.717, 1.165) is 30.7 Å². The van der Waals surface area contributed by atoms with Crippen LogP contribution < -0.4 is 5.32 Å². The van der Waals surface area contributed by atoms with Crippen molar-refractivity contribution in [2.75, 3.05) is 13.2 Å². The fraction of sp³-hybridized carbons (Fsp3) is 0.429. The van der Waals surface area contributed by atoms with Crippen LogP contribution in [0, 0.1) is 0 Å². The van der Waals surface area contributed by atoms with Crippen molar-refractivity contribution in [2.45, 2.75) is 25.6 Å². The number of rotatable bonds is 7. The van der Waals surface area contributed by atoms with Gasteiger partial charge < -0.3 is 10.1 Å². The van der Waals surface area contributed by atoms with Crippen LogP contribution in [0.4, 0.5) is 13.2 Å². The summed E-state index contributed by atoms with van der Waals surface area (Å²) < 4.78 is 42.2. The maximum atomic E-state index is 12.4. The van der Waals surface area contributed by atoms with Crippen LogP contribution >= 0.6 is 0 Å². The van der Waals surface area contributed by atoms with Gasteiger partial charge in [-0.1, -0.05) is 18.7 Å². The minimum atomic E-state index is -4.28. The van der Waals surface area contributed by atoms with E-state index in [0.29, 0.717) is 6.61 Å². The molecule has 0 bridgehead atoms. The minimum absolute atomic E-state index is 0.00557. The molecule has 0 aliphatic heterocycles. The third-order valence-electron chi connectivity index (χ3n) is 2.75. The quantitative estimate of drug-likeness (QED) is 0.601. The number of hydrogen-bond donors (Lipinski definition) is 1. The van der Waals surface area contributed by atoms with Gasteiger partial charge in [-0.15, -0.1) is 0 Å². The zero-order chi connectivity index (χ0) is 14.3. The van der Waals surface area contributed by atoms with E-state index in [1.54, 1.807) is 0 Å². The Hall–Kier alpha value is -1.49. The van der Waals surface area contributed by atoms with Crippen molar-refractivity contribution >= 4 is 0 Å². The van der Waals surface area contributed by atoms with E-state index >= 15 is 0 Å². The van der Waals surface area contributed by atoms with Gasteiger partial charge in [-0.3, -0.25) is 0 Å². The molecule has 0 aliphatic carbocycles. The lowest BCUT2D eigenvalue weighted by molar-refractivity contribution is -0.137. The second-order valence-electron chi connectivity index (χ2n) is 4.19. The van der Waals surface area contributed by atoms with Crippen LogP contribution in [0.25, 0.3) is 0 Å². The van der Waals surface area contributed by atoms with Gasteiger partial charge in [-0.2, -0.15) is 13.2 Å². The molecule has 1 unspecified atom stereocenters. The Morgan fingerprint density at radius 1 is 1.32 bits per heavy atom. The predicted octanol–water partition coefficient (Wildman–Crippen LogP) is 3.91. The van der Waals surface area contributed by atoms with Gasteiger partial charge in [0.1, 0.15) is 0 Å². The summed E-state index contributed by atoms with van der Waals surface area (Å²) in [5.74, 6) is 0. The molecular formula is C14H18F3NO. The normalized spacial score (nSPS) is 13.1. The topological polar surface area (TPSA) is 21.3 Å². The second-order valence-corrected chi connectivity index (χ2v) is 4.19. The molecule has 2 nitrogen and oxygen atoms in total. The summed E-state index contributed by atoms with van der Waals surface area (Å²) in [6.07, 6.45) is -2.08. The highest BCUT2D eigenvalue weighted by atomic mass is 19.4. The average Bonchev–Trinajstić information content (AvgIpc) is 2.37. The first-order valence-electron chi connectivity index (χ1n) is 6.08.